The summed E-state index contributed by atoms with van der Waals surface area (Å²) in [7, 11) is 2.71. The van der Waals surface area contributed by atoms with Crippen LogP contribution in [0.5, 0.6) is 5.75 Å². The fraction of sp³-hybridized carbons (Fsp3) is 0.217. The van der Waals surface area contributed by atoms with E-state index >= 15 is 0 Å². The van der Waals surface area contributed by atoms with Gasteiger partial charge in [-0.3, -0.25) is 14.5 Å². The van der Waals surface area contributed by atoms with E-state index in [0.717, 1.165) is 11.3 Å². The monoisotopic (exact) mass is 468 g/mol. The van der Waals surface area contributed by atoms with E-state index in [1.807, 2.05) is 0 Å². The first-order chi connectivity index (χ1) is 15.8. The van der Waals surface area contributed by atoms with Crippen LogP contribution in [0.3, 0.4) is 0 Å². The number of benzene rings is 1. The van der Waals surface area contributed by atoms with Crippen LogP contribution < -0.4 is 9.64 Å². The van der Waals surface area contributed by atoms with Crippen molar-refractivity contribution >= 4 is 34.1 Å². The van der Waals surface area contributed by atoms with Crippen molar-refractivity contribution in [2.24, 2.45) is 0 Å². The van der Waals surface area contributed by atoms with E-state index in [9.17, 15) is 19.5 Å². The zero-order valence-corrected chi connectivity index (χ0v) is 19.1. The Kier molecular flexibility index (Phi) is 5.77. The Morgan fingerprint density at radius 2 is 1.88 bits per heavy atom. The number of aliphatic hydroxyl groups excluding tert-OH is 1. The molecule has 170 valence electrons. The number of thiazole rings is 1. The molecule has 0 saturated heterocycles. The number of hydrogen-bond donors (Lipinski definition) is 1. The van der Waals surface area contributed by atoms with Gasteiger partial charge in [-0.2, -0.15) is 0 Å². The maximum atomic E-state index is 13.4. The van der Waals surface area contributed by atoms with Crippen LogP contribution in [-0.4, -0.2) is 42.0 Å². The summed E-state index contributed by atoms with van der Waals surface area (Å²) in [5.41, 5.74) is 0.636. The minimum atomic E-state index is -1.07. The molecule has 0 saturated carbocycles. The lowest BCUT2D eigenvalue weighted by atomic mass is 9.94. The number of methoxy groups -OCH3 is 2. The van der Waals surface area contributed by atoms with Gasteiger partial charge < -0.3 is 19.0 Å². The van der Waals surface area contributed by atoms with Crippen molar-refractivity contribution < 1.29 is 33.4 Å². The Bertz CT molecular complexity index is 1300. The number of Topliss-reactive ketones (excluding diaryl/α,β-unsaturated/α-hetero) is 1. The number of aryl methyl sites for hydroxylation is 2. The number of hydrogen-bond acceptors (Lipinski definition) is 9. The molecule has 0 fully saturated rings. The van der Waals surface area contributed by atoms with Crippen molar-refractivity contribution in [3.63, 3.8) is 0 Å². The summed E-state index contributed by atoms with van der Waals surface area (Å²) >= 11 is 0.927. The summed E-state index contributed by atoms with van der Waals surface area (Å²) in [4.78, 5) is 44.5. The van der Waals surface area contributed by atoms with Gasteiger partial charge in [0.05, 0.1) is 25.5 Å². The van der Waals surface area contributed by atoms with Crippen molar-refractivity contribution in [1.82, 2.24) is 4.98 Å². The molecule has 9 nitrogen and oxygen atoms in total. The molecule has 1 atom stereocenters. The molecule has 3 heterocycles. The molecule has 1 aromatic carbocycles. The van der Waals surface area contributed by atoms with Gasteiger partial charge in [0.15, 0.2) is 16.7 Å². The SMILES string of the molecule is COC(=O)c1sc(N2C(=O)C(O)=C(C(=O)c3ccc(C)o3)[C@@H]2c2ccccc2OC)nc1C. The number of ether oxygens (including phenoxy) is 2. The second-order valence-corrected chi connectivity index (χ2v) is 8.20. The molecule has 0 unspecified atom stereocenters. The maximum absolute atomic E-state index is 13.4. The van der Waals surface area contributed by atoms with Gasteiger partial charge in [-0.05, 0) is 32.0 Å². The van der Waals surface area contributed by atoms with Gasteiger partial charge in [-0.15, -0.1) is 0 Å². The molecule has 33 heavy (non-hydrogen) atoms. The van der Waals surface area contributed by atoms with E-state index in [2.05, 4.69) is 4.98 Å². The number of carbonyl (C=O) groups is 3. The average Bonchev–Trinajstić information content (AvgIpc) is 3.49. The second kappa shape index (κ2) is 8.55. The summed E-state index contributed by atoms with van der Waals surface area (Å²) in [6.07, 6.45) is 0. The van der Waals surface area contributed by atoms with Crippen molar-refractivity contribution in [3.05, 3.63) is 75.4 Å². The highest BCUT2D eigenvalue weighted by Crippen LogP contribution is 2.46. The zero-order chi connectivity index (χ0) is 23.9. The first-order valence-corrected chi connectivity index (χ1v) is 10.7. The Morgan fingerprint density at radius 3 is 2.52 bits per heavy atom. The minimum absolute atomic E-state index is 0.0193. The highest BCUT2D eigenvalue weighted by Gasteiger charge is 2.47. The zero-order valence-electron chi connectivity index (χ0n) is 18.2. The van der Waals surface area contributed by atoms with E-state index in [4.69, 9.17) is 13.9 Å². The van der Waals surface area contributed by atoms with Gasteiger partial charge in [0.1, 0.15) is 22.4 Å². The van der Waals surface area contributed by atoms with Crippen LogP contribution in [0.4, 0.5) is 5.13 Å². The molecule has 3 aromatic rings. The summed E-state index contributed by atoms with van der Waals surface area (Å²) in [5.74, 6) is -1.91. The van der Waals surface area contributed by atoms with E-state index in [-0.39, 0.29) is 21.3 Å². The van der Waals surface area contributed by atoms with Gasteiger partial charge in [0.25, 0.3) is 5.91 Å². The van der Waals surface area contributed by atoms with Crippen LogP contribution in [0.2, 0.25) is 0 Å². The number of anilines is 1. The van der Waals surface area contributed by atoms with Crippen LogP contribution in [0, 0.1) is 13.8 Å². The number of para-hydroxylation sites is 1. The van der Waals surface area contributed by atoms with E-state index in [1.165, 1.54) is 25.2 Å². The van der Waals surface area contributed by atoms with Crippen LogP contribution in [0.1, 0.15) is 43.3 Å². The Hall–Kier alpha value is -3.92. The van der Waals surface area contributed by atoms with Crippen LogP contribution >= 0.6 is 11.3 Å². The van der Waals surface area contributed by atoms with Crippen molar-refractivity contribution in [2.75, 3.05) is 19.1 Å². The topological polar surface area (TPSA) is 119 Å². The number of amides is 1. The molecular formula is C23H20N2O7S. The lowest BCUT2D eigenvalue weighted by Gasteiger charge is -2.25. The van der Waals surface area contributed by atoms with Crippen LogP contribution in [0.15, 0.2) is 52.1 Å². The van der Waals surface area contributed by atoms with Gasteiger partial charge in [0, 0.05) is 5.56 Å². The first-order valence-electron chi connectivity index (χ1n) is 9.85. The average molecular weight is 468 g/mol. The number of aliphatic hydroxyl groups is 1. The molecule has 0 bridgehead atoms. The summed E-state index contributed by atoms with van der Waals surface area (Å²) < 4.78 is 15.7. The fourth-order valence-electron chi connectivity index (χ4n) is 3.68. The van der Waals surface area contributed by atoms with Gasteiger partial charge >= 0.3 is 5.97 Å². The van der Waals surface area contributed by atoms with Crippen molar-refractivity contribution in [1.29, 1.82) is 0 Å². The number of aromatic nitrogens is 1. The van der Waals surface area contributed by atoms with Gasteiger partial charge in [-0.25, -0.2) is 9.78 Å². The number of esters is 1. The summed E-state index contributed by atoms with van der Waals surface area (Å²) in [6.45, 7) is 3.29. The predicted molar refractivity (Wildman–Crippen MR) is 119 cm³/mol. The number of furan rings is 1. The summed E-state index contributed by atoms with van der Waals surface area (Å²) in [5, 5.41) is 10.9. The molecule has 4 rings (SSSR count). The number of nitrogens with zero attached hydrogens (tertiary/aromatic N) is 2. The quantitative estimate of drug-likeness (QED) is 0.427. The molecule has 0 radical (unpaired) electrons. The smallest absolute Gasteiger partial charge is 0.350 e. The van der Waals surface area contributed by atoms with E-state index in [1.54, 1.807) is 44.2 Å². The molecule has 0 spiro atoms. The van der Waals surface area contributed by atoms with Gasteiger partial charge in [-0.1, -0.05) is 29.5 Å². The number of rotatable bonds is 6. The Balaban J connectivity index is 1.91. The highest BCUT2D eigenvalue weighted by molar-refractivity contribution is 7.17. The van der Waals surface area contributed by atoms with E-state index in [0.29, 0.717) is 22.8 Å². The number of carbonyl (C=O) groups excluding carboxylic acids is 3. The van der Waals surface area contributed by atoms with Crippen LogP contribution in [-0.2, 0) is 9.53 Å². The number of ketones is 1. The molecule has 1 N–H and O–H groups in total. The van der Waals surface area contributed by atoms with Crippen molar-refractivity contribution in [2.45, 2.75) is 19.9 Å². The lowest BCUT2D eigenvalue weighted by molar-refractivity contribution is -0.117. The molecule has 1 aliphatic heterocycles. The molecular weight excluding hydrogens is 448 g/mol. The third kappa shape index (κ3) is 3.68. The van der Waals surface area contributed by atoms with E-state index < -0.39 is 29.5 Å². The fourth-order valence-corrected chi connectivity index (χ4v) is 4.69. The molecule has 1 amide bonds. The normalized spacial score (nSPS) is 15.8. The Morgan fingerprint density at radius 1 is 1.15 bits per heavy atom. The third-order valence-electron chi connectivity index (χ3n) is 5.21. The standard InChI is InChI=1S/C23H20N2O7S/c1-11-9-10-15(32-11)18(26)16-17(13-7-5-6-8-14(13)30-3)25(21(28)19(16)27)23-24-12(2)20(33-23)22(29)31-4/h5-10,17,27H,1-4H3/t17-/m0/s1. The molecule has 2 aromatic heterocycles. The van der Waals surface area contributed by atoms with Crippen molar-refractivity contribution in [3.8, 4) is 5.75 Å². The van der Waals surface area contributed by atoms with Crippen LogP contribution in [0.25, 0.3) is 0 Å². The molecule has 1 aliphatic rings. The first kappa shape index (κ1) is 22.3. The minimum Gasteiger partial charge on any atom is -0.503 e. The predicted octanol–water partition coefficient (Wildman–Crippen LogP) is 3.93. The molecule has 10 heteroatoms. The largest absolute Gasteiger partial charge is 0.503 e. The summed E-state index contributed by atoms with van der Waals surface area (Å²) in [6, 6.07) is 8.86. The maximum Gasteiger partial charge on any atom is 0.350 e. The Labute approximate surface area is 192 Å². The molecule has 0 aliphatic carbocycles. The second-order valence-electron chi connectivity index (χ2n) is 7.22. The van der Waals surface area contributed by atoms with Gasteiger partial charge in [0.2, 0.25) is 5.78 Å². The third-order valence-corrected chi connectivity index (χ3v) is 6.35. The lowest BCUT2D eigenvalue weighted by Crippen LogP contribution is -2.31. The highest BCUT2D eigenvalue weighted by atomic mass is 32.1.